The highest BCUT2D eigenvalue weighted by Gasteiger charge is 2.12. The molecule has 0 spiro atoms. The lowest BCUT2D eigenvalue weighted by Gasteiger charge is -2.14. The van der Waals surface area contributed by atoms with Gasteiger partial charge in [-0.15, -0.1) is 0 Å². The molecule has 1 N–H and O–H groups in total. The van der Waals surface area contributed by atoms with Gasteiger partial charge in [-0.3, -0.25) is 9.59 Å². The summed E-state index contributed by atoms with van der Waals surface area (Å²) >= 11 is 11.7. The van der Waals surface area contributed by atoms with Crippen molar-refractivity contribution in [1.29, 1.82) is 0 Å². The summed E-state index contributed by atoms with van der Waals surface area (Å²) in [6, 6.07) is 13.9. The minimum absolute atomic E-state index is 0.0916. The minimum Gasteiger partial charge on any atom is -0.455 e. The van der Waals surface area contributed by atoms with Crippen molar-refractivity contribution in [2.75, 3.05) is 6.61 Å². The second-order valence-corrected chi connectivity index (χ2v) is 6.18. The third-order valence-corrected chi connectivity index (χ3v) is 3.84. The molecule has 2 aromatic carbocycles. The fraction of sp³-hybridized carbons (Fsp3) is 0.222. The molecule has 0 saturated heterocycles. The van der Waals surface area contributed by atoms with Gasteiger partial charge in [-0.05, 0) is 42.3 Å². The lowest BCUT2D eigenvalue weighted by Crippen LogP contribution is -2.31. The van der Waals surface area contributed by atoms with E-state index in [0.29, 0.717) is 10.0 Å². The van der Waals surface area contributed by atoms with E-state index in [4.69, 9.17) is 27.9 Å². The van der Waals surface area contributed by atoms with Crippen LogP contribution in [0.1, 0.15) is 24.1 Å². The minimum atomic E-state index is -0.470. The summed E-state index contributed by atoms with van der Waals surface area (Å²) in [5, 5.41) is 3.96. The Morgan fingerprint density at radius 2 is 1.79 bits per heavy atom. The predicted molar refractivity (Wildman–Crippen MR) is 94.1 cm³/mol. The van der Waals surface area contributed by atoms with Crippen LogP contribution in [-0.2, 0) is 20.7 Å². The number of carbonyl (C=O) groups is 2. The lowest BCUT2D eigenvalue weighted by atomic mass is 10.1. The van der Waals surface area contributed by atoms with Gasteiger partial charge in [-0.1, -0.05) is 47.5 Å². The quantitative estimate of drug-likeness (QED) is 0.788. The van der Waals surface area contributed by atoms with Gasteiger partial charge in [0.1, 0.15) is 0 Å². The first kappa shape index (κ1) is 18.3. The Balaban J connectivity index is 1.78. The zero-order valence-electron chi connectivity index (χ0n) is 13.1. The van der Waals surface area contributed by atoms with Crippen LogP contribution < -0.4 is 5.32 Å². The van der Waals surface area contributed by atoms with Gasteiger partial charge in [0.25, 0.3) is 5.91 Å². The molecule has 0 aromatic heterocycles. The van der Waals surface area contributed by atoms with Gasteiger partial charge in [0, 0.05) is 10.0 Å². The third-order valence-electron chi connectivity index (χ3n) is 3.35. The van der Waals surface area contributed by atoms with Crippen molar-refractivity contribution in [3.63, 3.8) is 0 Å². The molecule has 126 valence electrons. The summed E-state index contributed by atoms with van der Waals surface area (Å²) in [5.74, 6) is -0.838. The van der Waals surface area contributed by atoms with Gasteiger partial charge < -0.3 is 10.1 Å². The number of rotatable bonds is 6. The van der Waals surface area contributed by atoms with Crippen LogP contribution in [-0.4, -0.2) is 18.5 Å². The largest absolute Gasteiger partial charge is 0.455 e. The molecule has 2 aromatic rings. The van der Waals surface area contributed by atoms with Gasteiger partial charge in [0.05, 0.1) is 12.5 Å². The molecule has 0 fully saturated rings. The van der Waals surface area contributed by atoms with Crippen molar-refractivity contribution in [3.8, 4) is 0 Å². The Morgan fingerprint density at radius 1 is 1.08 bits per heavy atom. The molecular weight excluding hydrogens is 349 g/mol. The Morgan fingerprint density at radius 3 is 2.46 bits per heavy atom. The smallest absolute Gasteiger partial charge is 0.310 e. The monoisotopic (exact) mass is 365 g/mol. The summed E-state index contributed by atoms with van der Waals surface area (Å²) in [6.07, 6.45) is 0.0916. The zero-order valence-corrected chi connectivity index (χ0v) is 14.6. The second kappa shape index (κ2) is 8.71. The normalized spacial score (nSPS) is 11.6. The fourth-order valence-corrected chi connectivity index (χ4v) is 2.43. The van der Waals surface area contributed by atoms with E-state index in [9.17, 15) is 9.59 Å². The van der Waals surface area contributed by atoms with Crippen molar-refractivity contribution in [3.05, 3.63) is 69.7 Å². The third kappa shape index (κ3) is 5.87. The summed E-state index contributed by atoms with van der Waals surface area (Å²) in [6.45, 7) is 1.51. The van der Waals surface area contributed by atoms with E-state index in [1.54, 1.807) is 36.4 Å². The van der Waals surface area contributed by atoms with Crippen molar-refractivity contribution in [2.45, 2.75) is 19.4 Å². The molecule has 1 atom stereocenters. The van der Waals surface area contributed by atoms with Gasteiger partial charge in [0.15, 0.2) is 6.61 Å². The molecule has 0 aliphatic carbocycles. The number of hydrogen-bond acceptors (Lipinski definition) is 3. The highest BCUT2D eigenvalue weighted by molar-refractivity contribution is 6.30. The number of halogens is 2. The van der Waals surface area contributed by atoms with Crippen LogP contribution in [0.25, 0.3) is 0 Å². The highest BCUT2D eigenvalue weighted by Crippen LogP contribution is 2.17. The van der Waals surface area contributed by atoms with Crippen molar-refractivity contribution in [2.24, 2.45) is 0 Å². The standard InChI is InChI=1S/C18H17Cl2NO3/c1-12(14-3-2-4-16(20)10-14)21-17(22)11-24-18(23)9-13-5-7-15(19)8-6-13/h2-8,10,12H,9,11H2,1H3,(H,21,22)/t12-/m1/s1. The summed E-state index contributed by atoms with van der Waals surface area (Å²) < 4.78 is 4.99. The molecular formula is C18H17Cl2NO3. The van der Waals surface area contributed by atoms with E-state index in [2.05, 4.69) is 5.32 Å². The lowest BCUT2D eigenvalue weighted by molar-refractivity contribution is -0.148. The number of carbonyl (C=O) groups excluding carboxylic acids is 2. The SMILES string of the molecule is C[C@@H](NC(=O)COC(=O)Cc1ccc(Cl)cc1)c1cccc(Cl)c1. The number of ether oxygens (including phenoxy) is 1. The first-order valence-electron chi connectivity index (χ1n) is 7.39. The first-order chi connectivity index (χ1) is 11.4. The van der Waals surface area contributed by atoms with Crippen molar-refractivity contribution < 1.29 is 14.3 Å². The molecule has 0 heterocycles. The van der Waals surface area contributed by atoms with Gasteiger partial charge in [0.2, 0.25) is 0 Å². The molecule has 0 aliphatic rings. The summed E-state index contributed by atoms with van der Waals surface area (Å²) in [4.78, 5) is 23.6. The number of hydrogen-bond donors (Lipinski definition) is 1. The van der Waals surface area contributed by atoms with Gasteiger partial charge in [-0.25, -0.2) is 0 Å². The van der Waals surface area contributed by atoms with Crippen LogP contribution in [0, 0.1) is 0 Å². The molecule has 0 unspecified atom stereocenters. The number of nitrogens with one attached hydrogen (secondary N) is 1. The molecule has 1 amide bonds. The number of esters is 1. The van der Waals surface area contributed by atoms with E-state index in [0.717, 1.165) is 11.1 Å². The van der Waals surface area contributed by atoms with Gasteiger partial charge >= 0.3 is 5.97 Å². The van der Waals surface area contributed by atoms with Crippen LogP contribution >= 0.6 is 23.2 Å². The summed E-state index contributed by atoms with van der Waals surface area (Å²) in [5.41, 5.74) is 1.65. The Bertz CT molecular complexity index is 716. The van der Waals surface area contributed by atoms with Crippen LogP contribution in [0.5, 0.6) is 0 Å². The van der Waals surface area contributed by atoms with Crippen molar-refractivity contribution in [1.82, 2.24) is 5.32 Å². The van der Waals surface area contributed by atoms with Crippen LogP contribution in [0.3, 0.4) is 0 Å². The van der Waals surface area contributed by atoms with Crippen LogP contribution in [0.2, 0.25) is 10.0 Å². The van der Waals surface area contributed by atoms with E-state index in [-0.39, 0.29) is 25.0 Å². The van der Waals surface area contributed by atoms with E-state index >= 15 is 0 Å². The van der Waals surface area contributed by atoms with Crippen LogP contribution in [0.15, 0.2) is 48.5 Å². The maximum Gasteiger partial charge on any atom is 0.310 e. The average Bonchev–Trinajstić information content (AvgIpc) is 2.55. The maximum absolute atomic E-state index is 11.9. The molecule has 0 aliphatic heterocycles. The van der Waals surface area contributed by atoms with E-state index in [1.807, 2.05) is 19.1 Å². The first-order valence-corrected chi connectivity index (χ1v) is 8.14. The Labute approximate surface area is 150 Å². The number of benzene rings is 2. The number of amides is 1. The fourth-order valence-electron chi connectivity index (χ4n) is 2.11. The summed E-state index contributed by atoms with van der Waals surface area (Å²) in [7, 11) is 0. The van der Waals surface area contributed by atoms with Crippen LogP contribution in [0.4, 0.5) is 0 Å². The molecule has 0 radical (unpaired) electrons. The van der Waals surface area contributed by atoms with E-state index in [1.165, 1.54) is 0 Å². The second-order valence-electron chi connectivity index (χ2n) is 5.31. The average molecular weight is 366 g/mol. The molecule has 24 heavy (non-hydrogen) atoms. The molecule has 4 nitrogen and oxygen atoms in total. The van der Waals surface area contributed by atoms with E-state index < -0.39 is 5.97 Å². The molecule has 2 rings (SSSR count). The molecule has 0 bridgehead atoms. The molecule has 0 saturated carbocycles. The Kier molecular flexibility index (Phi) is 6.64. The van der Waals surface area contributed by atoms with Gasteiger partial charge in [-0.2, -0.15) is 0 Å². The Hall–Kier alpha value is -2.04. The zero-order chi connectivity index (χ0) is 17.5. The topological polar surface area (TPSA) is 55.4 Å². The van der Waals surface area contributed by atoms with Crippen molar-refractivity contribution >= 4 is 35.1 Å². The maximum atomic E-state index is 11.9. The predicted octanol–water partition coefficient (Wildman–Crippen LogP) is 3.96. The highest BCUT2D eigenvalue weighted by atomic mass is 35.5. The molecule has 6 heteroatoms.